The predicted octanol–water partition coefficient (Wildman–Crippen LogP) is 2.66. The first-order valence-corrected chi connectivity index (χ1v) is 7.52. The lowest BCUT2D eigenvalue weighted by Gasteiger charge is -2.22. The van der Waals surface area contributed by atoms with E-state index < -0.39 is 17.8 Å². The van der Waals surface area contributed by atoms with E-state index in [0.29, 0.717) is 29.8 Å². The second-order valence-electron chi connectivity index (χ2n) is 5.81. The van der Waals surface area contributed by atoms with Gasteiger partial charge >= 0.3 is 6.18 Å². The van der Waals surface area contributed by atoms with Crippen LogP contribution in [0.1, 0.15) is 28.9 Å². The summed E-state index contributed by atoms with van der Waals surface area (Å²) in [6, 6.07) is 6.71. The number of carbonyl (C=O) groups is 1. The molecular formula is C16H16F3N3O2. The average Bonchev–Trinajstić information content (AvgIpc) is 2.98. The minimum atomic E-state index is -4.53. The van der Waals surface area contributed by atoms with Crippen molar-refractivity contribution in [3.05, 3.63) is 46.8 Å². The number of aromatic amines is 1. The highest BCUT2D eigenvalue weighted by Crippen LogP contribution is 2.36. The van der Waals surface area contributed by atoms with Gasteiger partial charge in [0.2, 0.25) is 5.91 Å². The van der Waals surface area contributed by atoms with Crippen LogP contribution < -0.4 is 5.32 Å². The standard InChI is InChI=1S/C16H16F3N3O2/c17-16(18,19)14-12-7-10(4-5-13(12)21-22-14)15(24)20-11-3-1-2-9(6-11)8-23/h1-3,6,10,23H,4-5,7-8H2,(H,20,24)(H,21,22). The highest BCUT2D eigenvalue weighted by Gasteiger charge is 2.40. The van der Waals surface area contributed by atoms with Crippen LogP contribution in [-0.2, 0) is 30.4 Å². The molecule has 0 saturated heterocycles. The second-order valence-corrected chi connectivity index (χ2v) is 5.81. The first-order chi connectivity index (χ1) is 11.4. The van der Waals surface area contributed by atoms with Crippen molar-refractivity contribution in [1.29, 1.82) is 0 Å². The number of hydrogen-bond acceptors (Lipinski definition) is 3. The molecule has 1 aromatic carbocycles. The van der Waals surface area contributed by atoms with Gasteiger partial charge in [-0.2, -0.15) is 18.3 Å². The molecule has 0 saturated carbocycles. The van der Waals surface area contributed by atoms with E-state index in [4.69, 9.17) is 5.11 Å². The molecule has 128 valence electrons. The zero-order valence-electron chi connectivity index (χ0n) is 12.7. The summed E-state index contributed by atoms with van der Waals surface area (Å²) in [6.45, 7) is -0.152. The number of benzene rings is 1. The minimum Gasteiger partial charge on any atom is -0.392 e. The third-order valence-corrected chi connectivity index (χ3v) is 4.16. The Bertz CT molecular complexity index is 755. The van der Waals surface area contributed by atoms with Crippen molar-refractivity contribution < 1.29 is 23.1 Å². The minimum absolute atomic E-state index is 0.00615. The summed E-state index contributed by atoms with van der Waals surface area (Å²) in [5.41, 5.74) is 0.762. The van der Waals surface area contributed by atoms with E-state index in [-0.39, 0.29) is 24.5 Å². The summed E-state index contributed by atoms with van der Waals surface area (Å²) in [7, 11) is 0. The van der Waals surface area contributed by atoms with Crippen LogP contribution in [0, 0.1) is 5.92 Å². The number of aliphatic hydroxyl groups is 1. The van der Waals surface area contributed by atoms with Crippen LogP contribution in [0.3, 0.4) is 0 Å². The molecule has 1 aliphatic rings. The number of anilines is 1. The smallest absolute Gasteiger partial charge is 0.392 e. The Morgan fingerprint density at radius 2 is 2.21 bits per heavy atom. The molecule has 3 rings (SSSR count). The number of rotatable bonds is 3. The van der Waals surface area contributed by atoms with Crippen LogP contribution >= 0.6 is 0 Å². The highest BCUT2D eigenvalue weighted by molar-refractivity contribution is 5.93. The van der Waals surface area contributed by atoms with Gasteiger partial charge in [0.1, 0.15) is 0 Å². The summed E-state index contributed by atoms with van der Waals surface area (Å²) >= 11 is 0. The SMILES string of the molecule is O=C(Nc1cccc(CO)c1)C1CCc2[nH]nc(C(F)(F)F)c2C1. The van der Waals surface area contributed by atoms with E-state index in [0.717, 1.165) is 0 Å². The Morgan fingerprint density at radius 1 is 1.42 bits per heavy atom. The lowest BCUT2D eigenvalue weighted by atomic mass is 9.85. The van der Waals surface area contributed by atoms with Crippen molar-refractivity contribution in [2.24, 2.45) is 5.92 Å². The lowest BCUT2D eigenvalue weighted by Crippen LogP contribution is -2.29. The molecule has 0 radical (unpaired) electrons. The second kappa shape index (κ2) is 6.27. The van der Waals surface area contributed by atoms with Crippen LogP contribution in [0.4, 0.5) is 18.9 Å². The third-order valence-electron chi connectivity index (χ3n) is 4.16. The molecule has 1 aromatic heterocycles. The summed E-state index contributed by atoms with van der Waals surface area (Å²) in [4.78, 5) is 12.4. The molecule has 3 N–H and O–H groups in total. The molecule has 1 aliphatic carbocycles. The topological polar surface area (TPSA) is 78.0 Å². The maximum atomic E-state index is 13.0. The summed E-state index contributed by atoms with van der Waals surface area (Å²) < 4.78 is 38.9. The molecule has 0 aliphatic heterocycles. The van der Waals surface area contributed by atoms with Crippen LogP contribution in [0.5, 0.6) is 0 Å². The van der Waals surface area contributed by atoms with Gasteiger partial charge in [0.15, 0.2) is 5.69 Å². The summed E-state index contributed by atoms with van der Waals surface area (Å²) in [5.74, 6) is -0.876. The molecule has 5 nitrogen and oxygen atoms in total. The van der Waals surface area contributed by atoms with Crippen molar-refractivity contribution in [3.8, 4) is 0 Å². The molecular weight excluding hydrogens is 323 g/mol. The first-order valence-electron chi connectivity index (χ1n) is 7.52. The van der Waals surface area contributed by atoms with Gasteiger partial charge in [-0.05, 0) is 37.0 Å². The van der Waals surface area contributed by atoms with E-state index in [1.807, 2.05) is 0 Å². The maximum absolute atomic E-state index is 13.0. The van der Waals surface area contributed by atoms with Gasteiger partial charge in [0.05, 0.1) is 6.61 Å². The fourth-order valence-electron chi connectivity index (χ4n) is 2.94. The zero-order chi connectivity index (χ0) is 17.3. The fourth-order valence-corrected chi connectivity index (χ4v) is 2.94. The predicted molar refractivity (Wildman–Crippen MR) is 80.1 cm³/mol. The molecule has 0 fully saturated rings. The maximum Gasteiger partial charge on any atom is 0.435 e. The Kier molecular flexibility index (Phi) is 4.31. The number of alkyl halides is 3. The Hall–Kier alpha value is -2.35. The van der Waals surface area contributed by atoms with Crippen LogP contribution in [-0.4, -0.2) is 21.2 Å². The number of nitrogens with zero attached hydrogens (tertiary/aromatic N) is 1. The van der Waals surface area contributed by atoms with Gasteiger partial charge in [-0.15, -0.1) is 0 Å². The van der Waals surface area contributed by atoms with E-state index in [9.17, 15) is 18.0 Å². The number of halogens is 3. The van der Waals surface area contributed by atoms with Crippen molar-refractivity contribution >= 4 is 11.6 Å². The van der Waals surface area contributed by atoms with Crippen molar-refractivity contribution in [3.63, 3.8) is 0 Å². The molecule has 1 amide bonds. The van der Waals surface area contributed by atoms with E-state index >= 15 is 0 Å². The summed E-state index contributed by atoms with van der Waals surface area (Å²) in [5, 5.41) is 17.6. The number of aryl methyl sites for hydroxylation is 1. The molecule has 1 unspecified atom stereocenters. The number of nitrogens with one attached hydrogen (secondary N) is 2. The van der Waals surface area contributed by atoms with Crippen molar-refractivity contribution in [1.82, 2.24) is 10.2 Å². The number of fused-ring (bicyclic) bond motifs is 1. The summed E-state index contributed by atoms with van der Waals surface area (Å²) in [6.07, 6.45) is -3.71. The van der Waals surface area contributed by atoms with Crippen LogP contribution in [0.2, 0.25) is 0 Å². The molecule has 2 aromatic rings. The van der Waals surface area contributed by atoms with Crippen molar-refractivity contribution in [2.75, 3.05) is 5.32 Å². The number of aliphatic hydroxyl groups excluding tert-OH is 1. The van der Waals surface area contributed by atoms with Gasteiger partial charge in [-0.25, -0.2) is 0 Å². The quantitative estimate of drug-likeness (QED) is 0.804. The van der Waals surface area contributed by atoms with Gasteiger partial charge in [0, 0.05) is 22.9 Å². The fraction of sp³-hybridized carbons (Fsp3) is 0.375. The van der Waals surface area contributed by atoms with Gasteiger partial charge in [-0.3, -0.25) is 9.89 Å². The van der Waals surface area contributed by atoms with Gasteiger partial charge in [0.25, 0.3) is 0 Å². The normalized spacial score (nSPS) is 17.4. The molecule has 24 heavy (non-hydrogen) atoms. The third kappa shape index (κ3) is 3.28. The number of carbonyl (C=O) groups excluding carboxylic acids is 1. The van der Waals surface area contributed by atoms with Gasteiger partial charge < -0.3 is 10.4 Å². The molecule has 1 atom stereocenters. The van der Waals surface area contributed by atoms with E-state index in [1.54, 1.807) is 24.3 Å². The number of H-pyrrole nitrogens is 1. The Morgan fingerprint density at radius 3 is 2.92 bits per heavy atom. The first kappa shape index (κ1) is 16.5. The highest BCUT2D eigenvalue weighted by atomic mass is 19.4. The molecule has 8 heteroatoms. The van der Waals surface area contributed by atoms with Crippen molar-refractivity contribution in [2.45, 2.75) is 32.0 Å². The van der Waals surface area contributed by atoms with Gasteiger partial charge in [-0.1, -0.05) is 12.1 Å². The monoisotopic (exact) mass is 339 g/mol. The molecule has 0 bridgehead atoms. The zero-order valence-corrected chi connectivity index (χ0v) is 12.7. The number of hydrogen-bond donors (Lipinski definition) is 3. The van der Waals surface area contributed by atoms with Crippen LogP contribution in [0.25, 0.3) is 0 Å². The molecule has 0 spiro atoms. The largest absolute Gasteiger partial charge is 0.435 e. The Balaban J connectivity index is 1.75. The van der Waals surface area contributed by atoms with Crippen LogP contribution in [0.15, 0.2) is 24.3 Å². The molecule has 1 heterocycles. The number of aromatic nitrogens is 2. The lowest BCUT2D eigenvalue weighted by molar-refractivity contribution is -0.142. The van der Waals surface area contributed by atoms with E-state index in [1.165, 1.54) is 0 Å². The van der Waals surface area contributed by atoms with E-state index in [2.05, 4.69) is 15.5 Å². The Labute approximate surface area is 135 Å². The number of amides is 1. The average molecular weight is 339 g/mol.